The third-order valence-electron chi connectivity index (χ3n) is 5.94. The second-order valence-corrected chi connectivity index (χ2v) is 8.88. The third-order valence-corrected chi connectivity index (χ3v) is 6.72. The van der Waals surface area contributed by atoms with Gasteiger partial charge in [0, 0.05) is 67.8 Å². The average molecular weight is 460 g/mol. The number of rotatable bonds is 4. The van der Waals surface area contributed by atoms with E-state index in [1.54, 1.807) is 31.8 Å². The molecular weight excluding hydrogens is 434 g/mol. The van der Waals surface area contributed by atoms with Crippen molar-refractivity contribution in [3.8, 4) is 10.6 Å². The fourth-order valence-corrected chi connectivity index (χ4v) is 4.77. The molecule has 2 aromatic heterocycles. The monoisotopic (exact) mass is 459 g/mol. The van der Waals surface area contributed by atoms with E-state index in [0.29, 0.717) is 22.5 Å². The lowest BCUT2D eigenvalue weighted by atomic mass is 9.92. The van der Waals surface area contributed by atoms with Crippen LogP contribution in [0.5, 0.6) is 0 Å². The fourth-order valence-electron chi connectivity index (χ4n) is 4.15. The van der Waals surface area contributed by atoms with E-state index in [1.807, 2.05) is 12.3 Å². The summed E-state index contributed by atoms with van der Waals surface area (Å²) in [6.07, 6.45) is 5.31. The van der Waals surface area contributed by atoms with Crippen molar-refractivity contribution < 1.29 is 5.11 Å². The Bertz CT molecular complexity index is 1320. The van der Waals surface area contributed by atoms with Crippen molar-refractivity contribution in [2.45, 2.75) is 6.92 Å². The fraction of sp³-hybridized carbons (Fsp3) is 0.250. The van der Waals surface area contributed by atoms with Crippen LogP contribution in [0.25, 0.3) is 27.0 Å². The lowest BCUT2D eigenvalue weighted by molar-refractivity contribution is 0.432. The van der Waals surface area contributed by atoms with E-state index in [9.17, 15) is 5.11 Å². The molecule has 168 valence electrons. The van der Waals surface area contributed by atoms with Crippen molar-refractivity contribution in [1.29, 1.82) is 5.41 Å². The van der Waals surface area contributed by atoms with E-state index in [4.69, 9.17) is 15.4 Å². The van der Waals surface area contributed by atoms with Gasteiger partial charge in [-0.15, -0.1) is 11.3 Å². The highest BCUT2D eigenvalue weighted by Crippen LogP contribution is 2.35. The maximum absolute atomic E-state index is 10.9. The van der Waals surface area contributed by atoms with Crippen LogP contribution in [0.2, 0.25) is 0 Å². The second kappa shape index (κ2) is 8.76. The highest BCUT2D eigenvalue weighted by atomic mass is 32.1. The van der Waals surface area contributed by atoms with E-state index in [2.05, 4.69) is 32.7 Å². The van der Waals surface area contributed by atoms with Crippen LogP contribution in [-0.2, 0) is 0 Å². The molecule has 4 N–H and O–H groups in total. The van der Waals surface area contributed by atoms with Gasteiger partial charge in [0.1, 0.15) is 5.76 Å². The molecule has 9 heteroatoms. The van der Waals surface area contributed by atoms with E-state index >= 15 is 0 Å². The molecule has 0 atom stereocenters. The van der Waals surface area contributed by atoms with Gasteiger partial charge in [-0.2, -0.15) is 0 Å². The van der Waals surface area contributed by atoms with Gasteiger partial charge in [-0.3, -0.25) is 10.4 Å². The van der Waals surface area contributed by atoms with E-state index in [-0.39, 0.29) is 11.5 Å². The molecule has 0 bridgehead atoms. The summed E-state index contributed by atoms with van der Waals surface area (Å²) in [5, 5.41) is 26.5. The molecule has 8 nitrogen and oxygen atoms in total. The van der Waals surface area contributed by atoms with Crippen molar-refractivity contribution in [2.75, 3.05) is 38.1 Å². The number of aliphatic hydroxyl groups excluding tert-OH is 1. The Morgan fingerprint density at radius 1 is 1.24 bits per heavy atom. The quantitative estimate of drug-likeness (QED) is 0.473. The zero-order valence-electron chi connectivity index (χ0n) is 18.5. The predicted octanol–water partition coefficient (Wildman–Crippen LogP) is 3.51. The van der Waals surface area contributed by atoms with Crippen LogP contribution in [0.1, 0.15) is 12.7 Å². The maximum atomic E-state index is 10.9. The summed E-state index contributed by atoms with van der Waals surface area (Å²) in [6.45, 7) is 5.58. The summed E-state index contributed by atoms with van der Waals surface area (Å²) in [5.41, 5.74) is 6.47. The van der Waals surface area contributed by atoms with Crippen molar-refractivity contribution >= 4 is 39.2 Å². The lowest BCUT2D eigenvalue weighted by Gasteiger charge is -2.29. The maximum Gasteiger partial charge on any atom is 0.164 e. The number of aromatic nitrogens is 3. The lowest BCUT2D eigenvalue weighted by Crippen LogP contribution is -2.43. The Morgan fingerprint density at radius 2 is 2.06 bits per heavy atom. The normalized spacial score (nSPS) is 18.2. The number of aliphatic hydroxyl groups is 1. The Hall–Kier alpha value is -3.56. The third kappa shape index (κ3) is 3.90. The van der Waals surface area contributed by atoms with Crippen LogP contribution in [-0.4, -0.2) is 59.0 Å². The van der Waals surface area contributed by atoms with Crippen LogP contribution in [0.4, 0.5) is 5.69 Å². The van der Waals surface area contributed by atoms with Gasteiger partial charge in [0.15, 0.2) is 5.82 Å². The molecule has 5 rings (SSSR count). The second-order valence-electron chi connectivity index (χ2n) is 7.99. The van der Waals surface area contributed by atoms with Crippen molar-refractivity contribution in [2.24, 2.45) is 0 Å². The molecule has 1 aromatic carbocycles. The topological polar surface area (TPSA) is 110 Å². The van der Waals surface area contributed by atoms with Gasteiger partial charge in [-0.05, 0) is 31.2 Å². The zero-order valence-corrected chi connectivity index (χ0v) is 19.3. The molecule has 1 saturated heterocycles. The molecule has 33 heavy (non-hydrogen) atoms. The number of hydrogen-bond donors (Lipinski definition) is 4. The first kappa shape index (κ1) is 21.3. The van der Waals surface area contributed by atoms with Crippen molar-refractivity contribution in [3.05, 3.63) is 64.9 Å². The minimum atomic E-state index is 0.0281. The van der Waals surface area contributed by atoms with Crippen LogP contribution in [0, 0.1) is 5.41 Å². The average Bonchev–Trinajstić information content (AvgIpc) is 3.39. The molecule has 3 aromatic rings. The highest BCUT2D eigenvalue weighted by Gasteiger charge is 2.25. The largest absolute Gasteiger partial charge is 0.507 e. The van der Waals surface area contributed by atoms with Gasteiger partial charge in [-0.1, -0.05) is 0 Å². The minimum Gasteiger partial charge on any atom is -0.507 e. The standard InChI is InChI=1S/C24H25N7OS/c1-14-21(25)15(11-26-2)9-18(23(14)32)24-29-19-4-3-16(31-7-5-27-6-8-31)10-17(19)22(30-24)20-12-28-13-33-20/h3-4,9-13,25-27,32H,5-8H2,1-2H3/b15-11-,25-21?. The molecular formula is C24H25N7OS. The Morgan fingerprint density at radius 3 is 2.79 bits per heavy atom. The number of allylic oxidation sites excluding steroid dienone is 4. The van der Waals surface area contributed by atoms with Crippen molar-refractivity contribution in [3.63, 3.8) is 0 Å². The van der Waals surface area contributed by atoms with E-state index in [1.165, 1.54) is 11.3 Å². The van der Waals surface area contributed by atoms with E-state index in [0.717, 1.165) is 53.3 Å². The summed E-state index contributed by atoms with van der Waals surface area (Å²) < 4.78 is 0. The Balaban J connectivity index is 1.69. The summed E-state index contributed by atoms with van der Waals surface area (Å²) in [5.74, 6) is 0.451. The SMILES string of the molecule is CN/C=C1/C=C(c2nc(-c3cncs3)c3cc(N4CCNCC4)ccc3n2)C(O)=C(C)C1=N. The first-order valence-corrected chi connectivity index (χ1v) is 11.7. The molecule has 2 aliphatic rings. The number of anilines is 1. The summed E-state index contributed by atoms with van der Waals surface area (Å²) >= 11 is 1.52. The molecule has 0 amide bonds. The molecule has 0 saturated carbocycles. The number of fused-ring (bicyclic) bond motifs is 1. The number of benzene rings is 1. The van der Waals surface area contributed by atoms with Crippen LogP contribution < -0.4 is 15.5 Å². The number of nitrogens with one attached hydrogen (secondary N) is 3. The van der Waals surface area contributed by atoms with Gasteiger partial charge >= 0.3 is 0 Å². The van der Waals surface area contributed by atoms with Gasteiger partial charge in [-0.25, -0.2) is 9.97 Å². The molecule has 1 fully saturated rings. The number of hydrogen-bond acceptors (Lipinski definition) is 9. The van der Waals surface area contributed by atoms with Crippen LogP contribution in [0.15, 0.2) is 59.1 Å². The summed E-state index contributed by atoms with van der Waals surface area (Å²) in [6, 6.07) is 6.27. The number of nitrogens with zero attached hydrogens (tertiary/aromatic N) is 4. The summed E-state index contributed by atoms with van der Waals surface area (Å²) in [4.78, 5) is 17.3. The van der Waals surface area contributed by atoms with Crippen LogP contribution in [0.3, 0.4) is 0 Å². The molecule has 0 radical (unpaired) electrons. The Kier molecular flexibility index (Phi) is 5.65. The Labute approximate surface area is 195 Å². The molecule has 0 spiro atoms. The first-order valence-electron chi connectivity index (χ1n) is 10.8. The smallest absolute Gasteiger partial charge is 0.164 e. The minimum absolute atomic E-state index is 0.0281. The first-order chi connectivity index (χ1) is 16.1. The summed E-state index contributed by atoms with van der Waals surface area (Å²) in [7, 11) is 1.78. The molecule has 0 unspecified atom stereocenters. The zero-order chi connectivity index (χ0) is 22.9. The molecule has 1 aliphatic carbocycles. The van der Waals surface area contributed by atoms with Crippen LogP contribution >= 0.6 is 11.3 Å². The van der Waals surface area contributed by atoms with Gasteiger partial charge < -0.3 is 20.6 Å². The number of thiazole rings is 1. The number of piperazine rings is 1. The molecule has 1 aliphatic heterocycles. The van der Waals surface area contributed by atoms with Gasteiger partial charge in [0.2, 0.25) is 0 Å². The van der Waals surface area contributed by atoms with Gasteiger partial charge in [0.25, 0.3) is 0 Å². The van der Waals surface area contributed by atoms with E-state index < -0.39 is 0 Å². The predicted molar refractivity (Wildman–Crippen MR) is 134 cm³/mol. The molecule has 3 heterocycles. The highest BCUT2D eigenvalue weighted by molar-refractivity contribution is 7.13. The van der Waals surface area contributed by atoms with Crippen molar-refractivity contribution in [1.82, 2.24) is 25.6 Å². The van der Waals surface area contributed by atoms with Gasteiger partial charge in [0.05, 0.1) is 32.9 Å².